The molecule has 7 heteroatoms. The molecule has 0 saturated heterocycles. The molecule has 0 atom stereocenters. The van der Waals surface area contributed by atoms with Crippen LogP contribution in [0.3, 0.4) is 0 Å². The molecule has 1 aliphatic carbocycles. The van der Waals surface area contributed by atoms with E-state index in [-0.39, 0.29) is 5.91 Å². The first-order valence-electron chi connectivity index (χ1n) is 6.81. The minimum atomic E-state index is -0.0995. The SMILES string of the molecule is O=C(CNCC1CC1)Nc1nnc(-c2ccccc2Cl)s1. The average Bonchev–Trinajstić information content (AvgIpc) is 3.18. The van der Waals surface area contributed by atoms with Gasteiger partial charge in [-0.3, -0.25) is 10.1 Å². The maximum atomic E-state index is 11.8. The van der Waals surface area contributed by atoms with Gasteiger partial charge in [-0.2, -0.15) is 0 Å². The van der Waals surface area contributed by atoms with Crippen molar-refractivity contribution in [2.24, 2.45) is 5.92 Å². The quantitative estimate of drug-likeness (QED) is 0.858. The topological polar surface area (TPSA) is 66.9 Å². The molecule has 1 aromatic carbocycles. The summed E-state index contributed by atoms with van der Waals surface area (Å²) in [5.74, 6) is 0.656. The van der Waals surface area contributed by atoms with Crippen LogP contribution in [-0.2, 0) is 4.79 Å². The molecule has 1 fully saturated rings. The molecule has 3 rings (SSSR count). The predicted octanol–water partition coefficient (Wildman–Crippen LogP) is 2.80. The van der Waals surface area contributed by atoms with Gasteiger partial charge in [0.1, 0.15) is 0 Å². The van der Waals surface area contributed by atoms with Gasteiger partial charge in [0.05, 0.1) is 11.6 Å². The van der Waals surface area contributed by atoms with Crippen molar-refractivity contribution >= 4 is 34.0 Å². The number of nitrogens with zero attached hydrogens (tertiary/aromatic N) is 2. The van der Waals surface area contributed by atoms with Crippen molar-refractivity contribution < 1.29 is 4.79 Å². The lowest BCUT2D eigenvalue weighted by Crippen LogP contribution is -2.29. The second kappa shape index (κ2) is 6.51. The lowest BCUT2D eigenvalue weighted by atomic mass is 10.2. The monoisotopic (exact) mass is 322 g/mol. The molecule has 0 radical (unpaired) electrons. The maximum Gasteiger partial charge on any atom is 0.240 e. The fraction of sp³-hybridized carbons (Fsp3) is 0.357. The highest BCUT2D eigenvalue weighted by Gasteiger charge is 2.20. The summed E-state index contributed by atoms with van der Waals surface area (Å²) < 4.78 is 0. The molecule has 0 aliphatic heterocycles. The van der Waals surface area contributed by atoms with Gasteiger partial charge < -0.3 is 5.32 Å². The number of amides is 1. The number of halogens is 1. The van der Waals surface area contributed by atoms with E-state index in [0.717, 1.165) is 18.0 Å². The number of nitrogens with one attached hydrogen (secondary N) is 2. The molecule has 0 bridgehead atoms. The number of hydrogen-bond donors (Lipinski definition) is 2. The summed E-state index contributed by atoms with van der Waals surface area (Å²) in [6.45, 7) is 1.21. The van der Waals surface area contributed by atoms with E-state index in [4.69, 9.17) is 11.6 Å². The Bertz CT molecular complexity index is 641. The molecular formula is C14H15ClN4OS. The molecule has 2 aromatic rings. The Kier molecular flexibility index (Phi) is 4.48. The lowest BCUT2D eigenvalue weighted by Gasteiger charge is -2.02. The fourth-order valence-electron chi connectivity index (χ4n) is 1.89. The summed E-state index contributed by atoms with van der Waals surface area (Å²) >= 11 is 7.43. The van der Waals surface area contributed by atoms with Crippen molar-refractivity contribution in [3.63, 3.8) is 0 Å². The van der Waals surface area contributed by atoms with Gasteiger partial charge in [-0.25, -0.2) is 0 Å². The largest absolute Gasteiger partial charge is 0.308 e. The Morgan fingerprint density at radius 3 is 2.90 bits per heavy atom. The smallest absolute Gasteiger partial charge is 0.240 e. The number of benzene rings is 1. The van der Waals surface area contributed by atoms with Crippen LogP contribution in [0.2, 0.25) is 5.02 Å². The number of carbonyl (C=O) groups excluding carboxylic acids is 1. The van der Waals surface area contributed by atoms with E-state index < -0.39 is 0 Å². The molecule has 1 aromatic heterocycles. The van der Waals surface area contributed by atoms with Gasteiger partial charge in [-0.05, 0) is 31.4 Å². The summed E-state index contributed by atoms with van der Waals surface area (Å²) in [6.07, 6.45) is 2.54. The van der Waals surface area contributed by atoms with Gasteiger partial charge in [-0.1, -0.05) is 41.1 Å². The Balaban J connectivity index is 1.57. The third-order valence-corrected chi connectivity index (χ3v) is 4.39. The number of hydrogen-bond acceptors (Lipinski definition) is 5. The van der Waals surface area contributed by atoms with Gasteiger partial charge >= 0.3 is 0 Å². The van der Waals surface area contributed by atoms with E-state index in [1.807, 2.05) is 18.2 Å². The van der Waals surface area contributed by atoms with Crippen LogP contribution in [0.25, 0.3) is 10.6 Å². The van der Waals surface area contributed by atoms with Crippen molar-refractivity contribution in [1.29, 1.82) is 0 Å². The minimum absolute atomic E-state index is 0.0995. The minimum Gasteiger partial charge on any atom is -0.308 e. The van der Waals surface area contributed by atoms with E-state index in [2.05, 4.69) is 20.8 Å². The zero-order chi connectivity index (χ0) is 14.7. The van der Waals surface area contributed by atoms with Crippen LogP contribution in [0.15, 0.2) is 24.3 Å². The van der Waals surface area contributed by atoms with Crippen LogP contribution in [0.4, 0.5) is 5.13 Å². The van der Waals surface area contributed by atoms with Crippen LogP contribution in [0, 0.1) is 5.92 Å². The molecule has 1 aliphatic rings. The Labute approximate surface area is 131 Å². The van der Waals surface area contributed by atoms with Crippen LogP contribution >= 0.6 is 22.9 Å². The zero-order valence-corrected chi connectivity index (χ0v) is 12.9. The highest BCUT2D eigenvalue weighted by Crippen LogP contribution is 2.31. The summed E-state index contributed by atoms with van der Waals surface area (Å²) in [6, 6.07) is 7.44. The lowest BCUT2D eigenvalue weighted by molar-refractivity contribution is -0.115. The third kappa shape index (κ3) is 4.00. The average molecular weight is 323 g/mol. The first kappa shape index (κ1) is 14.4. The highest BCUT2D eigenvalue weighted by molar-refractivity contribution is 7.18. The van der Waals surface area contributed by atoms with Crippen molar-refractivity contribution in [1.82, 2.24) is 15.5 Å². The van der Waals surface area contributed by atoms with E-state index >= 15 is 0 Å². The fourth-order valence-corrected chi connectivity index (χ4v) is 2.97. The molecule has 2 N–H and O–H groups in total. The second-order valence-corrected chi connectivity index (χ2v) is 6.40. The number of anilines is 1. The van der Waals surface area contributed by atoms with Gasteiger partial charge in [0.15, 0.2) is 5.01 Å². The van der Waals surface area contributed by atoms with Crippen molar-refractivity contribution in [2.75, 3.05) is 18.4 Å². The molecule has 0 unspecified atom stereocenters. The zero-order valence-electron chi connectivity index (χ0n) is 11.3. The molecular weight excluding hydrogens is 308 g/mol. The van der Waals surface area contributed by atoms with Gasteiger partial charge in [0.2, 0.25) is 11.0 Å². The van der Waals surface area contributed by atoms with E-state index in [0.29, 0.717) is 21.7 Å². The summed E-state index contributed by atoms with van der Waals surface area (Å²) in [5, 5.41) is 15.7. The third-order valence-electron chi connectivity index (χ3n) is 3.19. The molecule has 1 saturated carbocycles. The highest BCUT2D eigenvalue weighted by atomic mass is 35.5. The molecule has 21 heavy (non-hydrogen) atoms. The Hall–Kier alpha value is -1.50. The normalized spacial score (nSPS) is 14.1. The number of aromatic nitrogens is 2. The second-order valence-electron chi connectivity index (χ2n) is 5.01. The van der Waals surface area contributed by atoms with E-state index in [9.17, 15) is 4.79 Å². The molecule has 5 nitrogen and oxygen atoms in total. The number of rotatable bonds is 6. The van der Waals surface area contributed by atoms with Gasteiger partial charge in [-0.15, -0.1) is 10.2 Å². The van der Waals surface area contributed by atoms with Crippen LogP contribution in [-0.4, -0.2) is 29.2 Å². The van der Waals surface area contributed by atoms with Crippen molar-refractivity contribution in [2.45, 2.75) is 12.8 Å². The molecule has 110 valence electrons. The number of carbonyl (C=O) groups is 1. The van der Waals surface area contributed by atoms with Crippen molar-refractivity contribution in [3.05, 3.63) is 29.3 Å². The standard InChI is InChI=1S/C14H15ClN4OS/c15-11-4-2-1-3-10(11)13-18-19-14(21-13)17-12(20)8-16-7-9-5-6-9/h1-4,9,16H,5-8H2,(H,17,19,20). The van der Waals surface area contributed by atoms with E-state index in [1.165, 1.54) is 24.2 Å². The maximum absolute atomic E-state index is 11.8. The Morgan fingerprint density at radius 2 is 2.14 bits per heavy atom. The predicted molar refractivity (Wildman–Crippen MR) is 84.6 cm³/mol. The molecule has 1 heterocycles. The first-order chi connectivity index (χ1) is 10.2. The summed E-state index contributed by atoms with van der Waals surface area (Å²) in [5.41, 5.74) is 0.823. The summed E-state index contributed by atoms with van der Waals surface area (Å²) in [7, 11) is 0. The Morgan fingerprint density at radius 1 is 1.33 bits per heavy atom. The first-order valence-corrected chi connectivity index (χ1v) is 8.01. The van der Waals surface area contributed by atoms with E-state index in [1.54, 1.807) is 6.07 Å². The molecule has 1 amide bonds. The van der Waals surface area contributed by atoms with Crippen LogP contribution in [0.5, 0.6) is 0 Å². The van der Waals surface area contributed by atoms with Gasteiger partial charge in [0, 0.05) is 5.56 Å². The summed E-state index contributed by atoms with van der Waals surface area (Å²) in [4.78, 5) is 11.8. The van der Waals surface area contributed by atoms with Crippen LogP contribution < -0.4 is 10.6 Å². The van der Waals surface area contributed by atoms with Crippen LogP contribution in [0.1, 0.15) is 12.8 Å². The molecule has 0 spiro atoms. The van der Waals surface area contributed by atoms with Gasteiger partial charge in [0.25, 0.3) is 0 Å². The van der Waals surface area contributed by atoms with Crippen molar-refractivity contribution in [3.8, 4) is 10.6 Å².